The van der Waals surface area contributed by atoms with Crippen LogP contribution in [0.4, 0.5) is 5.13 Å². The number of carbonyl (C=O) groups is 1. The van der Waals surface area contributed by atoms with Crippen molar-refractivity contribution in [3.8, 4) is 11.5 Å². The Morgan fingerprint density at radius 3 is 2.48 bits per heavy atom. The first-order valence-corrected chi connectivity index (χ1v) is 7.84. The highest BCUT2D eigenvalue weighted by molar-refractivity contribution is 7.22. The number of rotatable bonds is 4. The number of hydrogen-bond donors (Lipinski definition) is 1. The highest BCUT2D eigenvalue weighted by atomic mass is 32.1. The van der Waals surface area contributed by atoms with Crippen LogP contribution in [0.5, 0.6) is 11.5 Å². The highest BCUT2D eigenvalue weighted by Gasteiger charge is 2.16. The van der Waals surface area contributed by atoms with Gasteiger partial charge in [0.2, 0.25) is 0 Å². The van der Waals surface area contributed by atoms with Gasteiger partial charge in [-0.1, -0.05) is 29.5 Å². The smallest absolute Gasteiger partial charge is 0.257 e. The second-order valence-electron chi connectivity index (χ2n) is 4.94. The van der Waals surface area contributed by atoms with Crippen LogP contribution in [0.3, 0.4) is 0 Å². The van der Waals surface area contributed by atoms with E-state index in [0.717, 1.165) is 10.3 Å². The van der Waals surface area contributed by atoms with E-state index >= 15 is 0 Å². The van der Waals surface area contributed by atoms with E-state index < -0.39 is 0 Å². The number of nitrogens with zero attached hydrogens (tertiary/aromatic N) is 1. The third kappa shape index (κ3) is 2.85. The number of carbonyl (C=O) groups excluding carboxylic acids is 1. The second kappa shape index (κ2) is 6.26. The van der Waals surface area contributed by atoms with Gasteiger partial charge in [0.05, 0.1) is 14.2 Å². The first-order valence-electron chi connectivity index (χ1n) is 7.02. The maximum atomic E-state index is 12.4. The van der Waals surface area contributed by atoms with Crippen molar-refractivity contribution in [2.45, 2.75) is 6.92 Å². The Morgan fingerprint density at radius 1 is 1.09 bits per heavy atom. The average Bonchev–Trinajstić information content (AvgIpc) is 2.97. The van der Waals surface area contributed by atoms with Gasteiger partial charge in [0.1, 0.15) is 21.7 Å². The van der Waals surface area contributed by atoms with Gasteiger partial charge in [0.15, 0.2) is 5.13 Å². The summed E-state index contributed by atoms with van der Waals surface area (Å²) < 4.78 is 11.5. The van der Waals surface area contributed by atoms with Crippen LogP contribution in [0.25, 0.3) is 10.2 Å². The van der Waals surface area contributed by atoms with E-state index in [9.17, 15) is 4.79 Å². The Morgan fingerprint density at radius 2 is 1.78 bits per heavy atom. The average molecular weight is 328 g/mol. The van der Waals surface area contributed by atoms with E-state index in [4.69, 9.17) is 9.47 Å². The van der Waals surface area contributed by atoms with E-state index in [1.165, 1.54) is 11.3 Å². The second-order valence-corrected chi connectivity index (χ2v) is 5.93. The SMILES string of the molecule is COc1ccc(OC)c2sc(NC(=O)c3ccccc3C)nc12. The van der Waals surface area contributed by atoms with Gasteiger partial charge in [-0.05, 0) is 30.7 Å². The quantitative estimate of drug-likeness (QED) is 0.790. The molecule has 0 radical (unpaired) electrons. The molecule has 0 aliphatic heterocycles. The summed E-state index contributed by atoms with van der Waals surface area (Å²) in [5.74, 6) is 1.17. The van der Waals surface area contributed by atoms with Crippen molar-refractivity contribution < 1.29 is 14.3 Å². The monoisotopic (exact) mass is 328 g/mol. The maximum absolute atomic E-state index is 12.4. The number of aromatic nitrogens is 1. The fraction of sp³-hybridized carbons (Fsp3) is 0.176. The number of fused-ring (bicyclic) bond motifs is 1. The predicted octanol–water partition coefficient (Wildman–Crippen LogP) is 3.87. The standard InChI is InChI=1S/C17H16N2O3S/c1-10-6-4-5-7-11(10)16(20)19-17-18-14-12(21-2)8-9-13(22-3)15(14)23-17/h4-9H,1-3H3,(H,18,19,20). The lowest BCUT2D eigenvalue weighted by Crippen LogP contribution is -2.12. The van der Waals surface area contributed by atoms with Crippen LogP contribution in [0.15, 0.2) is 36.4 Å². The highest BCUT2D eigenvalue weighted by Crippen LogP contribution is 2.38. The lowest BCUT2D eigenvalue weighted by molar-refractivity contribution is 0.102. The number of amides is 1. The van der Waals surface area contributed by atoms with Crippen molar-refractivity contribution in [2.75, 3.05) is 19.5 Å². The molecule has 0 fully saturated rings. The molecule has 0 aliphatic rings. The molecule has 6 heteroatoms. The molecule has 118 valence electrons. The van der Waals surface area contributed by atoms with E-state index in [-0.39, 0.29) is 5.91 Å². The summed E-state index contributed by atoms with van der Waals surface area (Å²) in [6.07, 6.45) is 0. The van der Waals surface area contributed by atoms with E-state index in [1.807, 2.05) is 31.2 Å². The first kappa shape index (κ1) is 15.3. The molecule has 0 aliphatic carbocycles. The van der Waals surface area contributed by atoms with Gasteiger partial charge in [0, 0.05) is 5.56 Å². The third-order valence-corrected chi connectivity index (χ3v) is 4.51. The number of thiazole rings is 1. The zero-order chi connectivity index (χ0) is 16.4. The summed E-state index contributed by atoms with van der Waals surface area (Å²) in [7, 11) is 3.19. The van der Waals surface area contributed by atoms with E-state index in [0.29, 0.717) is 27.7 Å². The Balaban J connectivity index is 1.98. The Bertz CT molecular complexity index is 832. The number of aryl methyl sites for hydroxylation is 1. The first-order chi connectivity index (χ1) is 11.1. The molecule has 3 rings (SSSR count). The molecular formula is C17H16N2O3S. The molecule has 3 aromatic rings. The minimum Gasteiger partial charge on any atom is -0.495 e. The minimum absolute atomic E-state index is 0.180. The molecule has 1 N–H and O–H groups in total. The normalized spacial score (nSPS) is 10.6. The Labute approximate surface area is 137 Å². The van der Waals surface area contributed by atoms with Crippen molar-refractivity contribution in [3.05, 3.63) is 47.5 Å². The van der Waals surface area contributed by atoms with Gasteiger partial charge < -0.3 is 9.47 Å². The number of methoxy groups -OCH3 is 2. The molecule has 0 saturated heterocycles. The summed E-state index contributed by atoms with van der Waals surface area (Å²) in [4.78, 5) is 16.9. The largest absolute Gasteiger partial charge is 0.495 e. The van der Waals surface area contributed by atoms with Crippen LogP contribution in [0.1, 0.15) is 15.9 Å². The summed E-state index contributed by atoms with van der Waals surface area (Å²) in [6.45, 7) is 1.90. The molecule has 5 nitrogen and oxygen atoms in total. The van der Waals surface area contributed by atoms with Crippen LogP contribution in [-0.2, 0) is 0 Å². The van der Waals surface area contributed by atoms with Crippen LogP contribution in [-0.4, -0.2) is 25.1 Å². The van der Waals surface area contributed by atoms with Crippen LogP contribution in [0, 0.1) is 6.92 Å². The van der Waals surface area contributed by atoms with E-state index in [1.54, 1.807) is 26.4 Å². The zero-order valence-electron chi connectivity index (χ0n) is 13.0. The summed E-state index contributed by atoms with van der Waals surface area (Å²) in [5.41, 5.74) is 2.23. The minimum atomic E-state index is -0.180. The summed E-state index contributed by atoms with van der Waals surface area (Å²) in [5, 5.41) is 3.36. The molecule has 0 saturated carbocycles. The third-order valence-electron chi connectivity index (χ3n) is 3.52. The van der Waals surface area contributed by atoms with Gasteiger partial charge in [-0.25, -0.2) is 4.98 Å². The zero-order valence-corrected chi connectivity index (χ0v) is 13.9. The molecule has 1 amide bonds. The fourth-order valence-corrected chi connectivity index (χ4v) is 3.30. The van der Waals surface area contributed by atoms with Crippen molar-refractivity contribution >= 4 is 32.6 Å². The molecule has 0 spiro atoms. The van der Waals surface area contributed by atoms with Gasteiger partial charge in [-0.15, -0.1) is 0 Å². The van der Waals surface area contributed by atoms with Crippen molar-refractivity contribution in [1.82, 2.24) is 4.98 Å². The van der Waals surface area contributed by atoms with Gasteiger partial charge >= 0.3 is 0 Å². The molecule has 0 bridgehead atoms. The maximum Gasteiger partial charge on any atom is 0.257 e. The Kier molecular flexibility index (Phi) is 4.16. The molecule has 0 atom stereocenters. The molecule has 23 heavy (non-hydrogen) atoms. The molecular weight excluding hydrogens is 312 g/mol. The van der Waals surface area contributed by atoms with Gasteiger partial charge in [0.25, 0.3) is 5.91 Å². The van der Waals surface area contributed by atoms with Crippen LogP contribution in [0.2, 0.25) is 0 Å². The number of benzene rings is 2. The molecule has 1 heterocycles. The molecule has 1 aromatic heterocycles. The van der Waals surface area contributed by atoms with Gasteiger partial charge in [-0.3, -0.25) is 10.1 Å². The molecule has 0 unspecified atom stereocenters. The van der Waals surface area contributed by atoms with Crippen molar-refractivity contribution in [2.24, 2.45) is 0 Å². The van der Waals surface area contributed by atoms with E-state index in [2.05, 4.69) is 10.3 Å². The lowest BCUT2D eigenvalue weighted by atomic mass is 10.1. The summed E-state index contributed by atoms with van der Waals surface area (Å²) in [6, 6.07) is 11.1. The lowest BCUT2D eigenvalue weighted by Gasteiger charge is -2.04. The van der Waals surface area contributed by atoms with Gasteiger partial charge in [-0.2, -0.15) is 0 Å². The Hall–Kier alpha value is -2.60. The number of nitrogens with one attached hydrogen (secondary N) is 1. The van der Waals surface area contributed by atoms with Crippen molar-refractivity contribution in [3.63, 3.8) is 0 Å². The topological polar surface area (TPSA) is 60.5 Å². The fourth-order valence-electron chi connectivity index (χ4n) is 2.33. The van der Waals surface area contributed by atoms with Crippen LogP contribution < -0.4 is 14.8 Å². The van der Waals surface area contributed by atoms with Crippen LogP contribution >= 0.6 is 11.3 Å². The number of hydrogen-bond acceptors (Lipinski definition) is 5. The van der Waals surface area contributed by atoms with Crippen molar-refractivity contribution in [1.29, 1.82) is 0 Å². The summed E-state index contributed by atoms with van der Waals surface area (Å²) >= 11 is 1.36. The number of anilines is 1. The molecule has 2 aromatic carbocycles. The predicted molar refractivity (Wildman–Crippen MR) is 91.9 cm³/mol. The number of ether oxygens (including phenoxy) is 2.